The summed E-state index contributed by atoms with van der Waals surface area (Å²) in [5.41, 5.74) is 3.37. The van der Waals surface area contributed by atoms with Gasteiger partial charge in [0.1, 0.15) is 17.5 Å². The molecule has 0 spiro atoms. The van der Waals surface area contributed by atoms with Crippen molar-refractivity contribution >= 4 is 23.0 Å². The van der Waals surface area contributed by atoms with Crippen LogP contribution >= 0.6 is 11.3 Å². The Bertz CT molecular complexity index is 502. The molecule has 0 radical (unpaired) electrons. The minimum atomic E-state index is -0.555. The number of anilines is 2. The van der Waals surface area contributed by atoms with Crippen LogP contribution in [-0.2, 0) is 0 Å². The van der Waals surface area contributed by atoms with E-state index in [0.717, 1.165) is 5.56 Å². The van der Waals surface area contributed by atoms with Gasteiger partial charge in [-0.15, -0.1) is 0 Å². The van der Waals surface area contributed by atoms with E-state index in [1.54, 1.807) is 24.3 Å². The van der Waals surface area contributed by atoms with Gasteiger partial charge in [0.05, 0.1) is 6.10 Å². The lowest BCUT2D eigenvalue weighted by molar-refractivity contribution is 0.192. The van der Waals surface area contributed by atoms with Gasteiger partial charge in [-0.2, -0.15) is 11.3 Å². The van der Waals surface area contributed by atoms with Gasteiger partial charge in [-0.05, 0) is 29.3 Å². The molecule has 1 unspecified atom stereocenters. The van der Waals surface area contributed by atoms with Gasteiger partial charge < -0.3 is 15.8 Å². The van der Waals surface area contributed by atoms with Gasteiger partial charge >= 0.3 is 0 Å². The number of thiophene rings is 1. The second kappa shape index (κ2) is 5.76. The van der Waals surface area contributed by atoms with Crippen LogP contribution < -0.4 is 16.6 Å². The van der Waals surface area contributed by atoms with Crippen LogP contribution in [0.1, 0.15) is 17.5 Å². The molecular weight excluding hydrogens is 250 g/mol. The van der Waals surface area contributed by atoms with Crippen molar-refractivity contribution in [3.63, 3.8) is 0 Å². The first-order chi connectivity index (χ1) is 8.69. The summed E-state index contributed by atoms with van der Waals surface area (Å²) in [6.45, 7) is 2.17. The maximum absolute atomic E-state index is 9.93. The molecule has 0 amide bonds. The third-order valence-corrected chi connectivity index (χ3v) is 3.09. The van der Waals surface area contributed by atoms with Crippen LogP contribution in [0.25, 0.3) is 0 Å². The number of hydrogen-bond donors (Lipinski definition) is 4. The van der Waals surface area contributed by atoms with E-state index >= 15 is 0 Å². The molecule has 0 saturated carbocycles. The number of nitrogens with one attached hydrogen (secondary N) is 2. The summed E-state index contributed by atoms with van der Waals surface area (Å²) >= 11 is 1.56. The van der Waals surface area contributed by atoms with E-state index in [-0.39, 0.29) is 0 Å². The number of aliphatic hydroxyl groups is 1. The van der Waals surface area contributed by atoms with Gasteiger partial charge in [0.2, 0.25) is 0 Å². The maximum atomic E-state index is 9.93. The molecule has 0 aliphatic heterocycles. The Labute approximate surface area is 109 Å². The van der Waals surface area contributed by atoms with E-state index in [9.17, 15) is 5.11 Å². The molecule has 0 fully saturated rings. The third-order valence-electron chi connectivity index (χ3n) is 2.39. The number of rotatable bonds is 5. The third kappa shape index (κ3) is 3.16. The average molecular weight is 265 g/mol. The number of nitrogen functional groups attached to an aromatic ring is 1. The van der Waals surface area contributed by atoms with Crippen LogP contribution in [0.4, 0.5) is 11.6 Å². The molecule has 2 aromatic heterocycles. The Morgan fingerprint density at radius 2 is 2.22 bits per heavy atom. The maximum Gasteiger partial charge on any atom is 0.145 e. The topological polar surface area (TPSA) is 96.1 Å². The fraction of sp³-hybridized carbons (Fsp3) is 0.273. The largest absolute Gasteiger partial charge is 0.387 e. The van der Waals surface area contributed by atoms with Gasteiger partial charge in [-0.1, -0.05) is 0 Å². The van der Waals surface area contributed by atoms with Crippen LogP contribution in [0, 0.1) is 6.92 Å². The molecule has 7 heteroatoms. The zero-order valence-electron chi connectivity index (χ0n) is 9.92. The molecule has 6 nitrogen and oxygen atoms in total. The van der Waals surface area contributed by atoms with Crippen molar-refractivity contribution in [2.45, 2.75) is 13.0 Å². The molecule has 1 atom stereocenters. The van der Waals surface area contributed by atoms with Gasteiger partial charge in [0, 0.05) is 12.6 Å². The molecule has 0 aromatic carbocycles. The molecule has 0 aliphatic carbocycles. The minimum absolute atomic E-state index is 0.386. The Morgan fingerprint density at radius 1 is 1.44 bits per heavy atom. The van der Waals surface area contributed by atoms with E-state index in [0.29, 0.717) is 24.0 Å². The zero-order chi connectivity index (χ0) is 13.0. The van der Waals surface area contributed by atoms with Crippen LogP contribution in [0.15, 0.2) is 22.9 Å². The molecule has 2 heterocycles. The molecule has 0 bridgehead atoms. The summed E-state index contributed by atoms with van der Waals surface area (Å²) in [6.07, 6.45) is -0.555. The Balaban J connectivity index is 1.99. The number of nitrogens with zero attached hydrogens (tertiary/aromatic N) is 2. The minimum Gasteiger partial charge on any atom is -0.387 e. The van der Waals surface area contributed by atoms with E-state index < -0.39 is 6.10 Å². The summed E-state index contributed by atoms with van der Waals surface area (Å²) in [5.74, 6) is 7.08. The van der Waals surface area contributed by atoms with Crippen molar-refractivity contribution in [3.05, 3.63) is 34.3 Å². The van der Waals surface area contributed by atoms with Crippen LogP contribution in [0.5, 0.6) is 0 Å². The predicted molar refractivity (Wildman–Crippen MR) is 72.3 cm³/mol. The second-order valence-corrected chi connectivity index (χ2v) is 4.56. The average Bonchev–Trinajstić information content (AvgIpc) is 2.89. The predicted octanol–water partition coefficient (Wildman–Crippen LogP) is 1.28. The lowest BCUT2D eigenvalue weighted by Crippen LogP contribution is -2.15. The number of aryl methyl sites for hydroxylation is 1. The number of aromatic nitrogens is 2. The summed E-state index contributed by atoms with van der Waals surface area (Å²) in [7, 11) is 0. The summed E-state index contributed by atoms with van der Waals surface area (Å²) < 4.78 is 0. The normalized spacial score (nSPS) is 12.2. The molecule has 2 aromatic rings. The number of nitrogens with two attached hydrogens (primary N) is 1. The fourth-order valence-electron chi connectivity index (χ4n) is 1.52. The van der Waals surface area contributed by atoms with Gasteiger partial charge in [0.15, 0.2) is 0 Å². The van der Waals surface area contributed by atoms with Gasteiger partial charge in [0.25, 0.3) is 0 Å². The first kappa shape index (κ1) is 12.7. The first-order valence-corrected chi connectivity index (χ1v) is 6.39. The quantitative estimate of drug-likeness (QED) is 0.480. The molecule has 0 aliphatic rings. The van der Waals surface area contributed by atoms with E-state index in [1.165, 1.54) is 0 Å². The molecular formula is C11H15N5OS. The molecule has 0 saturated heterocycles. The van der Waals surface area contributed by atoms with E-state index in [2.05, 4.69) is 20.7 Å². The number of aliphatic hydroxyl groups excluding tert-OH is 1. The lowest BCUT2D eigenvalue weighted by Gasteiger charge is -2.12. The summed E-state index contributed by atoms with van der Waals surface area (Å²) in [6, 6.07) is 3.59. The Hall–Kier alpha value is -1.70. The van der Waals surface area contributed by atoms with Gasteiger partial charge in [-0.25, -0.2) is 15.8 Å². The van der Waals surface area contributed by atoms with Crippen molar-refractivity contribution in [2.24, 2.45) is 5.84 Å². The number of hydrogen-bond acceptors (Lipinski definition) is 7. The highest BCUT2D eigenvalue weighted by atomic mass is 32.1. The zero-order valence-corrected chi connectivity index (χ0v) is 10.7. The van der Waals surface area contributed by atoms with Crippen LogP contribution in [0.3, 0.4) is 0 Å². The van der Waals surface area contributed by atoms with Crippen LogP contribution in [0.2, 0.25) is 0 Å². The van der Waals surface area contributed by atoms with Crippen molar-refractivity contribution < 1.29 is 5.11 Å². The standard InChI is InChI=1S/C11H15N5OS/c1-7-14-10(4-11(15-7)16-12)13-5-9(17)8-2-3-18-6-8/h2-4,6,9,17H,5,12H2,1H3,(H2,13,14,15,16). The molecule has 96 valence electrons. The first-order valence-electron chi connectivity index (χ1n) is 5.45. The Morgan fingerprint density at radius 3 is 2.89 bits per heavy atom. The summed E-state index contributed by atoms with van der Waals surface area (Å²) in [5, 5.41) is 16.8. The van der Waals surface area contributed by atoms with E-state index in [4.69, 9.17) is 5.84 Å². The molecule has 5 N–H and O–H groups in total. The molecule has 2 rings (SSSR count). The highest BCUT2D eigenvalue weighted by Gasteiger charge is 2.08. The number of hydrazine groups is 1. The molecule has 18 heavy (non-hydrogen) atoms. The van der Waals surface area contributed by atoms with Gasteiger partial charge in [-0.3, -0.25) is 0 Å². The monoisotopic (exact) mass is 265 g/mol. The summed E-state index contributed by atoms with van der Waals surface area (Å²) in [4.78, 5) is 8.29. The SMILES string of the molecule is Cc1nc(NN)cc(NCC(O)c2ccsc2)n1. The van der Waals surface area contributed by atoms with Crippen molar-refractivity contribution in [1.82, 2.24) is 9.97 Å². The van der Waals surface area contributed by atoms with Crippen molar-refractivity contribution in [1.29, 1.82) is 0 Å². The lowest BCUT2D eigenvalue weighted by atomic mass is 10.2. The smallest absolute Gasteiger partial charge is 0.145 e. The van der Waals surface area contributed by atoms with E-state index in [1.807, 2.05) is 16.8 Å². The van der Waals surface area contributed by atoms with Crippen molar-refractivity contribution in [2.75, 3.05) is 17.3 Å². The van der Waals surface area contributed by atoms with Crippen molar-refractivity contribution in [3.8, 4) is 0 Å². The Kier molecular flexibility index (Phi) is 4.08. The second-order valence-electron chi connectivity index (χ2n) is 3.78. The fourth-order valence-corrected chi connectivity index (χ4v) is 2.22. The highest BCUT2D eigenvalue weighted by Crippen LogP contribution is 2.17. The highest BCUT2D eigenvalue weighted by molar-refractivity contribution is 7.07. The van der Waals surface area contributed by atoms with Crippen LogP contribution in [-0.4, -0.2) is 21.6 Å².